The second-order valence-electron chi connectivity index (χ2n) is 7.44. The Hall–Kier alpha value is -2.87. The molecular weight excluding hydrogens is 394 g/mol. The molecule has 2 aromatic rings. The van der Waals surface area contributed by atoms with Gasteiger partial charge in [0.05, 0.1) is 13.2 Å². The summed E-state index contributed by atoms with van der Waals surface area (Å²) in [6, 6.07) is 1.72. The van der Waals surface area contributed by atoms with Gasteiger partial charge in [-0.05, 0) is 30.9 Å². The summed E-state index contributed by atoms with van der Waals surface area (Å²) in [4.78, 5) is 23.9. The van der Waals surface area contributed by atoms with E-state index < -0.39 is 0 Å². The lowest BCUT2D eigenvalue weighted by Crippen LogP contribution is -2.37. The number of rotatable bonds is 10. The van der Waals surface area contributed by atoms with Crippen LogP contribution in [0.4, 0.5) is 11.8 Å². The van der Waals surface area contributed by atoms with Gasteiger partial charge >= 0.3 is 0 Å². The Bertz CT molecular complexity index is 958. The SMILES string of the molecule is CC/C=C(\C=C(/NC)Nc1nc(N2CCOCC2)c2oc(C(=O)CCC)cc2n1)CC. The van der Waals surface area contributed by atoms with E-state index in [-0.39, 0.29) is 5.78 Å². The first-order chi connectivity index (χ1) is 15.1. The molecule has 0 spiro atoms. The first kappa shape index (κ1) is 22.8. The summed E-state index contributed by atoms with van der Waals surface area (Å²) in [5, 5.41) is 6.47. The van der Waals surface area contributed by atoms with Crippen LogP contribution >= 0.6 is 0 Å². The normalized spacial score (nSPS) is 15.4. The number of hydrogen-bond acceptors (Lipinski definition) is 8. The molecule has 0 bridgehead atoms. The fourth-order valence-electron chi connectivity index (χ4n) is 3.49. The number of carbonyl (C=O) groups is 1. The van der Waals surface area contributed by atoms with Crippen molar-refractivity contribution in [3.63, 3.8) is 0 Å². The number of aromatic nitrogens is 2. The molecule has 2 aromatic heterocycles. The Kier molecular flexibility index (Phi) is 8.06. The first-order valence-electron chi connectivity index (χ1n) is 11.1. The first-order valence-corrected chi connectivity index (χ1v) is 11.1. The van der Waals surface area contributed by atoms with E-state index in [4.69, 9.17) is 14.1 Å². The van der Waals surface area contributed by atoms with Crippen LogP contribution in [0.25, 0.3) is 11.1 Å². The van der Waals surface area contributed by atoms with Crippen molar-refractivity contribution in [3.05, 3.63) is 35.4 Å². The molecule has 0 saturated carbocycles. The van der Waals surface area contributed by atoms with Gasteiger partial charge < -0.3 is 24.7 Å². The molecule has 0 radical (unpaired) electrons. The zero-order chi connectivity index (χ0) is 22.2. The van der Waals surface area contributed by atoms with Crippen LogP contribution in [0.5, 0.6) is 0 Å². The summed E-state index contributed by atoms with van der Waals surface area (Å²) in [5.74, 6) is 2.26. The molecule has 3 rings (SSSR count). The van der Waals surface area contributed by atoms with E-state index in [0.29, 0.717) is 61.4 Å². The van der Waals surface area contributed by atoms with Crippen LogP contribution < -0.4 is 15.5 Å². The molecule has 1 saturated heterocycles. The summed E-state index contributed by atoms with van der Waals surface area (Å²) in [6.07, 6.45) is 7.39. The monoisotopic (exact) mass is 427 g/mol. The molecule has 1 aliphatic heterocycles. The van der Waals surface area contributed by atoms with E-state index in [1.54, 1.807) is 6.07 Å². The maximum atomic E-state index is 12.4. The number of hydrogen-bond donors (Lipinski definition) is 2. The van der Waals surface area contributed by atoms with E-state index in [1.165, 1.54) is 5.57 Å². The van der Waals surface area contributed by atoms with Crippen molar-refractivity contribution in [1.82, 2.24) is 15.3 Å². The zero-order valence-corrected chi connectivity index (χ0v) is 19.0. The fraction of sp³-hybridized carbons (Fsp3) is 0.522. The molecular formula is C23H33N5O3. The second kappa shape index (κ2) is 10.9. The van der Waals surface area contributed by atoms with Crippen molar-refractivity contribution in [2.24, 2.45) is 0 Å². The van der Waals surface area contributed by atoms with Crippen LogP contribution in [0, 0.1) is 0 Å². The van der Waals surface area contributed by atoms with Gasteiger partial charge in [0, 0.05) is 32.6 Å². The minimum absolute atomic E-state index is 0.0176. The van der Waals surface area contributed by atoms with Crippen molar-refractivity contribution in [2.45, 2.75) is 46.5 Å². The summed E-state index contributed by atoms with van der Waals surface area (Å²) < 4.78 is 11.4. The number of morpholine rings is 1. The highest BCUT2D eigenvalue weighted by Crippen LogP contribution is 2.30. The number of anilines is 2. The molecule has 3 heterocycles. The standard InChI is InChI=1S/C23H33N5O3/c1-5-8-16(7-3)14-20(24-4)26-23-25-17-15-19(18(29)9-6-2)31-21(17)22(27-23)28-10-12-30-13-11-28/h8,14-15,24H,5-7,9-13H2,1-4H3,(H,25,26,27)/b16-8-,20-14+. The Balaban J connectivity index is 2.01. The number of furan rings is 1. The highest BCUT2D eigenvalue weighted by molar-refractivity contribution is 5.98. The quantitative estimate of drug-likeness (QED) is 0.429. The lowest BCUT2D eigenvalue weighted by Gasteiger charge is -2.27. The van der Waals surface area contributed by atoms with Crippen LogP contribution in [0.15, 0.2) is 34.0 Å². The third-order valence-electron chi connectivity index (χ3n) is 5.14. The molecule has 168 valence electrons. The maximum absolute atomic E-state index is 12.4. The average molecular weight is 428 g/mol. The molecule has 0 unspecified atom stereocenters. The molecule has 0 amide bonds. The van der Waals surface area contributed by atoms with Gasteiger partial charge in [-0.3, -0.25) is 4.79 Å². The van der Waals surface area contributed by atoms with Gasteiger partial charge in [0.25, 0.3) is 0 Å². The topological polar surface area (TPSA) is 92.5 Å². The number of allylic oxidation sites excluding steroid dienone is 3. The van der Waals surface area contributed by atoms with Gasteiger partial charge in [0.15, 0.2) is 22.9 Å². The Labute approximate surface area is 183 Å². The van der Waals surface area contributed by atoms with Gasteiger partial charge in [-0.1, -0.05) is 26.8 Å². The van der Waals surface area contributed by atoms with Crippen LogP contribution in [0.2, 0.25) is 0 Å². The van der Waals surface area contributed by atoms with Crippen molar-refractivity contribution in [1.29, 1.82) is 0 Å². The van der Waals surface area contributed by atoms with Gasteiger partial charge in [-0.15, -0.1) is 0 Å². The number of ketones is 1. The van der Waals surface area contributed by atoms with E-state index >= 15 is 0 Å². The predicted octanol–water partition coefficient (Wildman–Crippen LogP) is 4.26. The zero-order valence-electron chi connectivity index (χ0n) is 19.0. The summed E-state index contributed by atoms with van der Waals surface area (Å²) in [5.41, 5.74) is 2.39. The molecule has 1 aliphatic rings. The largest absolute Gasteiger partial charge is 0.447 e. The van der Waals surface area contributed by atoms with E-state index in [1.807, 2.05) is 14.0 Å². The molecule has 8 nitrogen and oxygen atoms in total. The van der Waals surface area contributed by atoms with Gasteiger partial charge in [0.2, 0.25) is 5.95 Å². The Morgan fingerprint density at radius 1 is 1.23 bits per heavy atom. The van der Waals surface area contributed by atoms with Crippen LogP contribution in [-0.2, 0) is 4.74 Å². The number of Topliss-reactive ketones (excluding diaryl/α,β-unsaturated/α-hetero) is 1. The Morgan fingerprint density at radius 2 is 2.00 bits per heavy atom. The Morgan fingerprint density at radius 3 is 2.65 bits per heavy atom. The van der Waals surface area contributed by atoms with Crippen molar-refractivity contribution in [3.8, 4) is 0 Å². The third-order valence-corrected chi connectivity index (χ3v) is 5.14. The molecule has 2 N–H and O–H groups in total. The lowest BCUT2D eigenvalue weighted by atomic mass is 10.1. The third kappa shape index (κ3) is 5.64. The van der Waals surface area contributed by atoms with E-state index in [0.717, 1.165) is 25.1 Å². The number of nitrogens with one attached hydrogen (secondary N) is 2. The minimum Gasteiger partial charge on any atom is -0.447 e. The highest BCUT2D eigenvalue weighted by Gasteiger charge is 2.22. The number of nitrogens with zero attached hydrogens (tertiary/aromatic N) is 3. The molecule has 0 aromatic carbocycles. The molecule has 1 fully saturated rings. The molecule has 31 heavy (non-hydrogen) atoms. The lowest BCUT2D eigenvalue weighted by molar-refractivity contribution is 0.0957. The average Bonchev–Trinajstić information content (AvgIpc) is 3.22. The second-order valence-corrected chi connectivity index (χ2v) is 7.44. The van der Waals surface area contributed by atoms with Crippen molar-refractivity contribution < 1.29 is 13.9 Å². The minimum atomic E-state index is -0.0176. The summed E-state index contributed by atoms with van der Waals surface area (Å²) in [7, 11) is 1.86. The molecule has 0 aliphatic carbocycles. The van der Waals surface area contributed by atoms with Crippen LogP contribution in [0.1, 0.15) is 57.0 Å². The van der Waals surface area contributed by atoms with Gasteiger partial charge in [-0.25, -0.2) is 4.98 Å². The molecule has 0 atom stereocenters. The fourth-order valence-corrected chi connectivity index (χ4v) is 3.49. The van der Waals surface area contributed by atoms with Crippen molar-refractivity contribution in [2.75, 3.05) is 43.6 Å². The summed E-state index contributed by atoms with van der Waals surface area (Å²) in [6.45, 7) is 8.89. The highest BCUT2D eigenvalue weighted by atomic mass is 16.5. The van der Waals surface area contributed by atoms with Crippen LogP contribution in [-0.4, -0.2) is 49.1 Å². The van der Waals surface area contributed by atoms with E-state index in [9.17, 15) is 4.79 Å². The predicted molar refractivity (Wildman–Crippen MR) is 124 cm³/mol. The van der Waals surface area contributed by atoms with Gasteiger partial charge in [0.1, 0.15) is 11.3 Å². The number of fused-ring (bicyclic) bond motifs is 1. The van der Waals surface area contributed by atoms with Crippen molar-refractivity contribution >= 4 is 28.6 Å². The number of carbonyl (C=O) groups excluding carboxylic acids is 1. The van der Waals surface area contributed by atoms with Gasteiger partial charge in [-0.2, -0.15) is 4.98 Å². The van der Waals surface area contributed by atoms with Crippen LogP contribution in [0.3, 0.4) is 0 Å². The summed E-state index contributed by atoms with van der Waals surface area (Å²) >= 11 is 0. The molecule has 8 heteroatoms. The smallest absolute Gasteiger partial charge is 0.231 e. The van der Waals surface area contributed by atoms with E-state index in [2.05, 4.69) is 46.5 Å². The number of ether oxygens (including phenoxy) is 1. The maximum Gasteiger partial charge on any atom is 0.231 e.